The first-order valence-electron chi connectivity index (χ1n) is 5.80. The molecule has 0 aliphatic heterocycles. The minimum Gasteiger partial charge on any atom is -0.528 e. The Morgan fingerprint density at radius 1 is 1.18 bits per heavy atom. The molecule has 2 rings (SSSR count). The number of hydrogen-bond donors (Lipinski definition) is 0. The molecule has 2 heterocycles. The van der Waals surface area contributed by atoms with Crippen molar-refractivity contribution in [2.75, 3.05) is 0 Å². The fourth-order valence-electron chi connectivity index (χ4n) is 1.27. The van der Waals surface area contributed by atoms with E-state index >= 15 is 0 Å². The average Bonchev–Trinajstić information content (AvgIpc) is 2.60. The number of aromatic nitrogens is 1. The van der Waals surface area contributed by atoms with Gasteiger partial charge >= 0.3 is 0 Å². The smallest absolute Gasteiger partial charge is 0.252 e. The Morgan fingerprint density at radius 2 is 1.88 bits per heavy atom. The summed E-state index contributed by atoms with van der Waals surface area (Å²) >= 11 is 0. The van der Waals surface area contributed by atoms with Crippen LogP contribution in [0.2, 0.25) is 18.1 Å². The summed E-state index contributed by atoms with van der Waals surface area (Å²) in [4.78, 5) is 0. The lowest BCUT2D eigenvalue weighted by Gasteiger charge is -2.35. The highest BCUT2D eigenvalue weighted by atomic mass is 31.8. The first kappa shape index (κ1) is 13.1. The highest BCUT2D eigenvalue weighted by Crippen LogP contribution is 2.44. The van der Waals surface area contributed by atoms with Crippen molar-refractivity contribution in [3.05, 3.63) is 24.4 Å². The van der Waals surface area contributed by atoms with E-state index in [1.54, 1.807) is 0 Å². The third kappa shape index (κ3) is 2.57. The van der Waals surface area contributed by atoms with Gasteiger partial charge in [0.2, 0.25) is 5.61 Å². The number of pyridine rings is 1. The molecule has 92 valence electrons. The summed E-state index contributed by atoms with van der Waals surface area (Å²) in [5.74, 6) is 0. The highest BCUT2D eigenvalue weighted by Gasteiger charge is 2.39. The van der Waals surface area contributed by atoms with Gasteiger partial charge in [-0.15, -0.1) is 0 Å². The standard InChI is InChI=1S/C12H19NOP2Si/c1-12(2,3)17(4,5)14-11-13-9-7-6-8-10(13)15-16-11/h6-9H,1-5H3. The van der Waals surface area contributed by atoms with Crippen LogP contribution in [0.3, 0.4) is 0 Å². The predicted molar refractivity (Wildman–Crippen MR) is 80.2 cm³/mol. The van der Waals surface area contributed by atoms with Gasteiger partial charge in [-0.1, -0.05) is 26.8 Å². The number of fused-ring (bicyclic) bond motifs is 1. The van der Waals surface area contributed by atoms with E-state index in [2.05, 4.69) is 62.7 Å². The van der Waals surface area contributed by atoms with E-state index in [1.807, 2.05) is 0 Å². The summed E-state index contributed by atoms with van der Waals surface area (Å²) < 4.78 is 8.59. The van der Waals surface area contributed by atoms with Crippen LogP contribution in [0.4, 0.5) is 0 Å². The largest absolute Gasteiger partial charge is 0.528 e. The van der Waals surface area contributed by atoms with E-state index in [0.29, 0.717) is 0 Å². The molecule has 0 saturated heterocycles. The van der Waals surface area contributed by atoms with Crippen LogP contribution in [0.5, 0.6) is 5.61 Å². The first-order chi connectivity index (χ1) is 7.81. The Bertz CT molecular complexity index is 531. The molecule has 0 saturated carbocycles. The Hall–Kier alpha value is -0.363. The minimum absolute atomic E-state index is 0.254. The first-order valence-corrected chi connectivity index (χ1v) is 11.2. The predicted octanol–water partition coefficient (Wildman–Crippen LogP) is 5.48. The molecule has 0 aromatic carbocycles. The van der Waals surface area contributed by atoms with Crippen molar-refractivity contribution in [2.45, 2.75) is 38.9 Å². The van der Waals surface area contributed by atoms with Crippen LogP contribution in [-0.4, -0.2) is 12.7 Å². The van der Waals surface area contributed by atoms with Crippen LogP contribution < -0.4 is 4.43 Å². The van der Waals surface area contributed by atoms with Gasteiger partial charge in [0.25, 0.3) is 8.32 Å². The Kier molecular flexibility index (Phi) is 3.37. The lowest BCUT2D eigenvalue weighted by atomic mass is 10.2. The third-order valence-corrected chi connectivity index (χ3v) is 10.5. The van der Waals surface area contributed by atoms with Gasteiger partial charge in [0.05, 0.1) is 5.25 Å². The van der Waals surface area contributed by atoms with Crippen LogP contribution in [0.15, 0.2) is 24.4 Å². The van der Waals surface area contributed by atoms with E-state index in [9.17, 15) is 0 Å². The molecular weight excluding hydrogens is 264 g/mol. The average molecular weight is 283 g/mol. The van der Waals surface area contributed by atoms with Gasteiger partial charge in [-0.25, -0.2) is 0 Å². The molecule has 0 N–H and O–H groups in total. The summed E-state index contributed by atoms with van der Waals surface area (Å²) in [6.45, 7) is 11.4. The molecule has 0 unspecified atom stereocenters. The van der Waals surface area contributed by atoms with Crippen LogP contribution in [-0.2, 0) is 0 Å². The van der Waals surface area contributed by atoms with Crippen LogP contribution >= 0.6 is 15.7 Å². The number of hydrogen-bond acceptors (Lipinski definition) is 1. The maximum Gasteiger partial charge on any atom is 0.252 e. The molecule has 0 aliphatic rings. The summed E-state index contributed by atoms with van der Waals surface area (Å²) in [5.41, 5.74) is 1.11. The molecule has 2 aromatic heterocycles. The zero-order valence-electron chi connectivity index (χ0n) is 11.1. The maximum atomic E-state index is 6.39. The molecule has 0 bridgehead atoms. The maximum absolute atomic E-state index is 6.39. The van der Waals surface area contributed by atoms with Crippen molar-refractivity contribution in [3.63, 3.8) is 0 Å². The number of rotatable bonds is 2. The molecular formula is C12H19NOP2Si. The lowest BCUT2D eigenvalue weighted by molar-refractivity contribution is 0.484. The van der Waals surface area contributed by atoms with Gasteiger partial charge in [-0.2, -0.15) is 0 Å². The van der Waals surface area contributed by atoms with E-state index < -0.39 is 8.32 Å². The Balaban J connectivity index is 2.37. The zero-order chi connectivity index (χ0) is 12.7. The van der Waals surface area contributed by atoms with E-state index in [0.717, 1.165) is 5.61 Å². The molecule has 2 aromatic rings. The zero-order valence-corrected chi connectivity index (χ0v) is 13.8. The Labute approximate surface area is 107 Å². The molecule has 17 heavy (non-hydrogen) atoms. The molecule has 0 amide bonds. The molecule has 0 fully saturated rings. The second kappa shape index (κ2) is 4.39. The van der Waals surface area contributed by atoms with Gasteiger partial charge in [0, 0.05) is 14.1 Å². The van der Waals surface area contributed by atoms with Gasteiger partial charge < -0.3 is 4.43 Å². The monoisotopic (exact) mass is 283 g/mol. The second-order valence-corrected chi connectivity index (χ2v) is 12.9. The van der Waals surface area contributed by atoms with Crippen LogP contribution in [0, 0.1) is 0 Å². The highest BCUT2D eigenvalue weighted by molar-refractivity contribution is 7.93. The van der Waals surface area contributed by atoms with Crippen LogP contribution in [0.25, 0.3) is 5.25 Å². The van der Waals surface area contributed by atoms with Crippen molar-refractivity contribution >= 4 is 29.3 Å². The van der Waals surface area contributed by atoms with Gasteiger partial charge in [0.15, 0.2) is 0 Å². The van der Waals surface area contributed by atoms with Gasteiger partial charge in [0.1, 0.15) is 0 Å². The van der Waals surface area contributed by atoms with E-state index in [4.69, 9.17) is 4.43 Å². The fourth-order valence-corrected chi connectivity index (χ4v) is 5.63. The molecule has 0 radical (unpaired) electrons. The third-order valence-electron chi connectivity index (χ3n) is 3.44. The van der Waals surface area contributed by atoms with Crippen molar-refractivity contribution in [1.82, 2.24) is 4.40 Å². The molecule has 0 aliphatic carbocycles. The number of nitrogens with zero attached hydrogens (tertiary/aromatic N) is 1. The minimum atomic E-state index is -1.71. The Morgan fingerprint density at radius 3 is 2.53 bits per heavy atom. The van der Waals surface area contributed by atoms with E-state index in [1.165, 1.54) is 21.0 Å². The lowest BCUT2D eigenvalue weighted by Crippen LogP contribution is -2.43. The molecule has 5 heteroatoms. The summed E-state index contributed by atoms with van der Waals surface area (Å²) in [6.07, 6.45) is 2.10. The van der Waals surface area contributed by atoms with Crippen molar-refractivity contribution in [2.24, 2.45) is 0 Å². The normalized spacial score (nSPS) is 13.9. The van der Waals surface area contributed by atoms with E-state index in [-0.39, 0.29) is 5.04 Å². The molecule has 0 atom stereocenters. The molecule has 0 spiro atoms. The van der Waals surface area contributed by atoms with Crippen molar-refractivity contribution in [3.8, 4) is 5.61 Å². The quantitative estimate of drug-likeness (QED) is 0.665. The second-order valence-electron chi connectivity index (χ2n) is 5.77. The SMILES string of the molecule is CC(C)(C)[Si](C)(C)Oc1ppc2ccccn12. The summed E-state index contributed by atoms with van der Waals surface area (Å²) in [5, 5.41) is 1.58. The summed E-state index contributed by atoms with van der Waals surface area (Å²) in [7, 11) is 0.882. The van der Waals surface area contributed by atoms with Crippen molar-refractivity contribution in [1.29, 1.82) is 0 Å². The van der Waals surface area contributed by atoms with Crippen LogP contribution in [0.1, 0.15) is 20.8 Å². The summed E-state index contributed by atoms with van der Waals surface area (Å²) in [6, 6.07) is 6.31. The van der Waals surface area contributed by atoms with Crippen molar-refractivity contribution < 1.29 is 4.43 Å². The van der Waals surface area contributed by atoms with Gasteiger partial charge in [-0.05, 0) is 38.1 Å². The fraction of sp³-hybridized carbons (Fsp3) is 0.500. The van der Waals surface area contributed by atoms with Gasteiger partial charge in [-0.3, -0.25) is 4.40 Å². The topological polar surface area (TPSA) is 13.6 Å². The molecule has 2 nitrogen and oxygen atoms in total.